The zero-order valence-electron chi connectivity index (χ0n) is 14.4. The minimum absolute atomic E-state index is 0.0880. The van der Waals surface area contributed by atoms with E-state index in [0.29, 0.717) is 24.3 Å². The van der Waals surface area contributed by atoms with Crippen LogP contribution in [0.2, 0.25) is 0 Å². The first-order valence-electron chi connectivity index (χ1n) is 8.57. The third-order valence-corrected chi connectivity index (χ3v) is 6.52. The molecule has 0 aliphatic carbocycles. The molecule has 0 spiro atoms. The zero-order valence-corrected chi connectivity index (χ0v) is 15.3. The summed E-state index contributed by atoms with van der Waals surface area (Å²) in [5.41, 5.74) is 1.22. The summed E-state index contributed by atoms with van der Waals surface area (Å²) in [7, 11) is -3.61. The molecule has 1 fully saturated rings. The highest BCUT2D eigenvalue weighted by molar-refractivity contribution is 7.89. The van der Waals surface area contributed by atoms with Crippen molar-refractivity contribution >= 4 is 15.7 Å². The summed E-state index contributed by atoms with van der Waals surface area (Å²) in [5.74, 6) is 0. The molecule has 0 amide bonds. The van der Waals surface area contributed by atoms with E-state index in [1.807, 2.05) is 0 Å². The van der Waals surface area contributed by atoms with Crippen molar-refractivity contribution in [2.45, 2.75) is 24.3 Å². The van der Waals surface area contributed by atoms with E-state index in [2.05, 4.69) is 11.2 Å². The molecule has 27 heavy (non-hydrogen) atoms. The molecule has 9 heteroatoms. The molecular weight excluding hydrogens is 366 g/mol. The molecule has 0 radical (unpaired) electrons. The minimum atomic E-state index is -3.61. The monoisotopic (exact) mass is 383 g/mol. The van der Waals surface area contributed by atoms with Crippen LogP contribution < -0.4 is 5.69 Å². The van der Waals surface area contributed by atoms with Gasteiger partial charge in [0.2, 0.25) is 10.0 Å². The summed E-state index contributed by atoms with van der Waals surface area (Å²) in [6, 6.07) is 12.0. The summed E-state index contributed by atoms with van der Waals surface area (Å²) < 4.78 is 29.4. The number of rotatable bonds is 4. The van der Waals surface area contributed by atoms with Crippen LogP contribution >= 0.6 is 0 Å². The Kier molecular flexibility index (Phi) is 4.30. The van der Waals surface area contributed by atoms with Crippen LogP contribution in [-0.2, 0) is 16.6 Å². The van der Waals surface area contributed by atoms with Crippen LogP contribution in [0, 0.1) is 11.3 Å². The quantitative estimate of drug-likeness (QED) is 0.674. The molecule has 3 heterocycles. The molecule has 0 bridgehead atoms. The van der Waals surface area contributed by atoms with Gasteiger partial charge >= 0.3 is 5.69 Å². The van der Waals surface area contributed by atoms with Crippen molar-refractivity contribution in [2.75, 3.05) is 13.1 Å². The molecule has 1 saturated heterocycles. The Labute approximate surface area is 155 Å². The zero-order chi connectivity index (χ0) is 19.0. The van der Waals surface area contributed by atoms with E-state index < -0.39 is 15.7 Å². The average Bonchev–Trinajstić information content (AvgIpc) is 3.31. The van der Waals surface area contributed by atoms with Gasteiger partial charge in [0, 0.05) is 19.3 Å². The number of sulfonamides is 1. The lowest BCUT2D eigenvalue weighted by Crippen LogP contribution is -2.28. The van der Waals surface area contributed by atoms with Crippen molar-refractivity contribution < 1.29 is 8.42 Å². The number of pyridine rings is 1. The van der Waals surface area contributed by atoms with Gasteiger partial charge in [-0.3, -0.25) is 0 Å². The number of benzene rings is 1. The Hall–Kier alpha value is -2.96. The average molecular weight is 383 g/mol. The van der Waals surface area contributed by atoms with Gasteiger partial charge in [0.05, 0.1) is 23.1 Å². The fraction of sp³-hybridized carbons (Fsp3) is 0.278. The molecule has 138 valence electrons. The fourth-order valence-electron chi connectivity index (χ4n) is 3.24. The molecule has 0 atom stereocenters. The van der Waals surface area contributed by atoms with Gasteiger partial charge < -0.3 is 0 Å². The molecule has 3 aromatic rings. The third-order valence-electron chi connectivity index (χ3n) is 4.64. The maximum atomic E-state index is 12.7. The molecule has 1 aromatic carbocycles. The van der Waals surface area contributed by atoms with Crippen LogP contribution in [0.3, 0.4) is 0 Å². The maximum Gasteiger partial charge on any atom is 0.350 e. The molecule has 1 aliphatic heterocycles. The molecule has 1 aliphatic rings. The second-order valence-corrected chi connectivity index (χ2v) is 8.39. The van der Waals surface area contributed by atoms with Crippen molar-refractivity contribution in [2.24, 2.45) is 0 Å². The number of nitriles is 1. The highest BCUT2D eigenvalue weighted by Gasteiger charge is 2.27. The lowest BCUT2D eigenvalue weighted by molar-refractivity contribution is 0.477. The van der Waals surface area contributed by atoms with Gasteiger partial charge in [-0.2, -0.15) is 9.57 Å². The fourth-order valence-corrected chi connectivity index (χ4v) is 4.76. The SMILES string of the molecule is N#Cc1cccc(Cn2nc3ccc(S(=O)(=O)N4CCCC4)cn3c2=O)c1. The van der Waals surface area contributed by atoms with Crippen molar-refractivity contribution in [3.63, 3.8) is 0 Å². The van der Waals surface area contributed by atoms with Crippen LogP contribution in [0.15, 0.2) is 52.3 Å². The summed E-state index contributed by atoms with van der Waals surface area (Å²) >= 11 is 0. The largest absolute Gasteiger partial charge is 0.350 e. The van der Waals surface area contributed by atoms with Gasteiger partial charge in [-0.05, 0) is 42.7 Å². The molecule has 0 unspecified atom stereocenters. The third kappa shape index (κ3) is 3.13. The van der Waals surface area contributed by atoms with Gasteiger partial charge in [-0.1, -0.05) is 12.1 Å². The number of nitrogens with zero attached hydrogens (tertiary/aromatic N) is 5. The van der Waals surface area contributed by atoms with Gasteiger partial charge in [-0.15, -0.1) is 5.10 Å². The Morgan fingerprint density at radius 3 is 2.67 bits per heavy atom. The number of hydrogen-bond acceptors (Lipinski definition) is 5. The second-order valence-electron chi connectivity index (χ2n) is 6.46. The lowest BCUT2D eigenvalue weighted by Gasteiger charge is -2.15. The molecule has 2 aromatic heterocycles. The molecule has 0 N–H and O–H groups in total. The van der Waals surface area contributed by atoms with E-state index in [1.54, 1.807) is 24.3 Å². The Morgan fingerprint density at radius 2 is 1.93 bits per heavy atom. The predicted octanol–water partition coefficient (Wildman–Crippen LogP) is 1.20. The number of aromatic nitrogens is 3. The van der Waals surface area contributed by atoms with Crippen LogP contribution in [0.25, 0.3) is 5.65 Å². The molecule has 8 nitrogen and oxygen atoms in total. The van der Waals surface area contributed by atoms with E-state index in [1.165, 1.54) is 31.7 Å². The van der Waals surface area contributed by atoms with Crippen LogP contribution in [0.4, 0.5) is 0 Å². The van der Waals surface area contributed by atoms with Gasteiger partial charge in [0.1, 0.15) is 0 Å². The van der Waals surface area contributed by atoms with Crippen molar-refractivity contribution in [1.82, 2.24) is 18.5 Å². The molecule has 4 rings (SSSR count). The second kappa shape index (κ2) is 6.64. The van der Waals surface area contributed by atoms with E-state index >= 15 is 0 Å². The summed E-state index contributed by atoms with van der Waals surface area (Å²) in [6.45, 7) is 1.21. The van der Waals surface area contributed by atoms with E-state index in [9.17, 15) is 13.2 Å². The van der Waals surface area contributed by atoms with E-state index in [4.69, 9.17) is 5.26 Å². The summed E-state index contributed by atoms with van der Waals surface area (Å²) in [6.07, 6.45) is 3.03. The van der Waals surface area contributed by atoms with E-state index in [-0.39, 0.29) is 11.4 Å². The van der Waals surface area contributed by atoms with Gasteiger partial charge in [0.25, 0.3) is 0 Å². The highest BCUT2D eigenvalue weighted by Crippen LogP contribution is 2.20. The standard InChI is InChI=1S/C18H17N5O3S/c19-11-14-4-3-5-15(10-14)12-23-18(24)22-13-16(6-7-17(22)20-23)27(25,26)21-8-1-2-9-21/h3-7,10,13H,1-2,8-9,12H2. The number of fused-ring (bicyclic) bond motifs is 1. The van der Waals surface area contributed by atoms with Crippen molar-refractivity contribution in [1.29, 1.82) is 5.26 Å². The number of hydrogen-bond donors (Lipinski definition) is 0. The molecule has 0 saturated carbocycles. The normalized spacial score (nSPS) is 15.2. The lowest BCUT2D eigenvalue weighted by atomic mass is 10.1. The first-order valence-corrected chi connectivity index (χ1v) is 10.0. The first-order chi connectivity index (χ1) is 13.0. The predicted molar refractivity (Wildman–Crippen MR) is 97.7 cm³/mol. The topological polar surface area (TPSA) is 100 Å². The van der Waals surface area contributed by atoms with Crippen molar-refractivity contribution in [3.8, 4) is 6.07 Å². The molecular formula is C18H17N5O3S. The van der Waals surface area contributed by atoms with Gasteiger partial charge in [0.15, 0.2) is 5.65 Å². The van der Waals surface area contributed by atoms with Crippen LogP contribution in [0.5, 0.6) is 0 Å². The van der Waals surface area contributed by atoms with Crippen molar-refractivity contribution in [3.05, 3.63) is 64.2 Å². The Balaban J connectivity index is 1.72. The minimum Gasteiger partial charge on any atom is -0.249 e. The summed E-state index contributed by atoms with van der Waals surface area (Å²) in [5, 5.41) is 13.3. The van der Waals surface area contributed by atoms with E-state index in [0.717, 1.165) is 18.4 Å². The van der Waals surface area contributed by atoms with Gasteiger partial charge in [-0.25, -0.2) is 22.3 Å². The summed E-state index contributed by atoms with van der Waals surface area (Å²) in [4.78, 5) is 12.8. The maximum absolute atomic E-state index is 12.7. The first kappa shape index (κ1) is 17.5. The van der Waals surface area contributed by atoms with Crippen LogP contribution in [-0.4, -0.2) is 40.0 Å². The smallest absolute Gasteiger partial charge is 0.249 e. The Morgan fingerprint density at radius 1 is 1.15 bits per heavy atom. The Bertz CT molecular complexity index is 1210. The highest BCUT2D eigenvalue weighted by atomic mass is 32.2. The van der Waals surface area contributed by atoms with Crippen LogP contribution in [0.1, 0.15) is 24.0 Å².